The number of nitrogens with zero attached hydrogens (tertiary/aromatic N) is 4. The number of aromatic amines is 2. The van der Waals surface area contributed by atoms with Crippen molar-refractivity contribution in [3.05, 3.63) is 83.6 Å². The lowest BCUT2D eigenvalue weighted by Crippen LogP contribution is -2.42. The summed E-state index contributed by atoms with van der Waals surface area (Å²) in [6, 6.07) is 21.5. The number of aromatic nitrogens is 4. The van der Waals surface area contributed by atoms with E-state index in [1.54, 1.807) is 7.11 Å². The molecule has 4 heterocycles. The second-order valence-corrected chi connectivity index (χ2v) is 16.5. The fourth-order valence-corrected chi connectivity index (χ4v) is 10.2. The van der Waals surface area contributed by atoms with Crippen LogP contribution in [0.1, 0.15) is 94.2 Å². The first-order valence-corrected chi connectivity index (χ1v) is 19.6. The minimum absolute atomic E-state index is 0.0564. The number of carbonyl (C=O) groups is 1. The maximum atomic E-state index is 13.5. The molecular formula is C44H52N6O2. The summed E-state index contributed by atoms with van der Waals surface area (Å²) < 4.78 is 5.61. The lowest BCUT2D eigenvalue weighted by Gasteiger charge is -2.30. The van der Waals surface area contributed by atoms with Gasteiger partial charge in [0.15, 0.2) is 0 Å². The predicted octanol–water partition coefficient (Wildman–Crippen LogP) is 8.90. The molecule has 2 bridgehead atoms. The number of likely N-dealkylation sites (tertiary alicyclic amines) is 2. The molecule has 3 aromatic carbocycles. The van der Waals surface area contributed by atoms with Crippen LogP contribution in [0.4, 0.5) is 0 Å². The monoisotopic (exact) mass is 696 g/mol. The largest absolute Gasteiger partial charge is 0.371 e. The minimum atomic E-state index is -0.435. The highest BCUT2D eigenvalue weighted by Gasteiger charge is 2.45. The summed E-state index contributed by atoms with van der Waals surface area (Å²) in [6.45, 7) is 7.20. The summed E-state index contributed by atoms with van der Waals surface area (Å²) in [5.74, 6) is 3.55. The zero-order valence-electron chi connectivity index (χ0n) is 31.3. The number of fused-ring (bicyclic) bond motifs is 4. The van der Waals surface area contributed by atoms with Gasteiger partial charge >= 0.3 is 0 Å². The van der Waals surface area contributed by atoms with E-state index in [1.807, 2.05) is 24.9 Å². The summed E-state index contributed by atoms with van der Waals surface area (Å²) in [4.78, 5) is 35.2. The number of nitrogens with one attached hydrogen (secondary N) is 2. The van der Waals surface area contributed by atoms with E-state index in [1.165, 1.54) is 64.6 Å². The minimum Gasteiger partial charge on any atom is -0.371 e. The number of benzene rings is 3. The van der Waals surface area contributed by atoms with Gasteiger partial charge in [0.1, 0.15) is 17.8 Å². The first kappa shape index (κ1) is 33.6. The molecule has 0 spiro atoms. The number of carbonyl (C=O) groups excluding carboxylic acids is 1. The second kappa shape index (κ2) is 13.3. The molecule has 1 amide bonds. The van der Waals surface area contributed by atoms with Gasteiger partial charge in [0.05, 0.1) is 35.0 Å². The number of hydrogen-bond acceptors (Lipinski definition) is 5. The molecule has 6 unspecified atom stereocenters. The van der Waals surface area contributed by atoms with Gasteiger partial charge in [0.2, 0.25) is 0 Å². The van der Waals surface area contributed by atoms with E-state index in [2.05, 4.69) is 83.4 Å². The van der Waals surface area contributed by atoms with Crippen molar-refractivity contribution in [2.45, 2.75) is 96.4 Å². The number of H-pyrrole nitrogens is 2. The standard InChI is InChI=1S/C44H52N6O2/c1-25(2)41(52-5)44(51)50-20-6-7-39(50)42-46-36-19-14-29(23-37(36)47-42)33-18-17-32(35-21-26(3)8-16-34(33)35)27-9-11-28(12-10-27)38-24-45-43(48-38)40-30-13-15-31(22-30)49(40)4/h9-12,14,17-19,23-26,30-31,39-41H,6-8,13,15-16,20-22H2,1-5H3,(H,45,48)(H,46,47). The predicted molar refractivity (Wildman–Crippen MR) is 207 cm³/mol. The van der Waals surface area contributed by atoms with Crippen molar-refractivity contribution in [1.29, 1.82) is 0 Å². The van der Waals surface area contributed by atoms with Gasteiger partial charge in [-0.05, 0) is 127 Å². The fourth-order valence-electron chi connectivity index (χ4n) is 10.2. The smallest absolute Gasteiger partial charge is 0.252 e. The van der Waals surface area contributed by atoms with Crippen molar-refractivity contribution in [2.24, 2.45) is 17.8 Å². The zero-order chi connectivity index (χ0) is 35.7. The maximum Gasteiger partial charge on any atom is 0.252 e. The number of amides is 1. The lowest BCUT2D eigenvalue weighted by atomic mass is 9.78. The van der Waals surface area contributed by atoms with Gasteiger partial charge in [0.25, 0.3) is 5.91 Å². The molecule has 2 aromatic heterocycles. The van der Waals surface area contributed by atoms with Crippen LogP contribution in [0, 0.1) is 17.8 Å². The van der Waals surface area contributed by atoms with Gasteiger partial charge < -0.3 is 19.6 Å². The van der Waals surface area contributed by atoms with Crippen LogP contribution in [0.3, 0.4) is 0 Å². The first-order valence-electron chi connectivity index (χ1n) is 19.6. The molecule has 5 aromatic rings. The molecule has 9 rings (SSSR count). The molecule has 52 heavy (non-hydrogen) atoms. The van der Waals surface area contributed by atoms with Gasteiger partial charge in [-0.3, -0.25) is 9.69 Å². The molecule has 2 aliphatic carbocycles. The number of hydrogen-bond donors (Lipinski definition) is 2. The third kappa shape index (κ3) is 5.70. The van der Waals surface area contributed by atoms with E-state index < -0.39 is 6.10 Å². The van der Waals surface area contributed by atoms with Gasteiger partial charge in [0, 0.05) is 19.7 Å². The van der Waals surface area contributed by atoms with Crippen molar-refractivity contribution >= 4 is 16.9 Å². The van der Waals surface area contributed by atoms with Crippen LogP contribution < -0.4 is 0 Å². The van der Waals surface area contributed by atoms with Crippen molar-refractivity contribution in [3.8, 4) is 33.5 Å². The number of methoxy groups -OCH3 is 1. The number of piperidine rings is 1. The van der Waals surface area contributed by atoms with Crippen molar-refractivity contribution < 1.29 is 9.53 Å². The molecule has 2 N–H and O–H groups in total. The molecule has 270 valence electrons. The van der Waals surface area contributed by atoms with E-state index in [4.69, 9.17) is 14.7 Å². The average molecular weight is 697 g/mol. The highest BCUT2D eigenvalue weighted by molar-refractivity contribution is 5.86. The van der Waals surface area contributed by atoms with Crippen LogP contribution in [0.5, 0.6) is 0 Å². The Morgan fingerprint density at radius 2 is 1.67 bits per heavy atom. The number of ether oxygens (including phenoxy) is 1. The Bertz CT molecular complexity index is 2110. The molecule has 2 saturated heterocycles. The second-order valence-electron chi connectivity index (χ2n) is 16.5. The van der Waals surface area contributed by atoms with Crippen LogP contribution in [0.15, 0.2) is 60.8 Å². The fraction of sp³-hybridized carbons (Fsp3) is 0.477. The Labute approximate surface area is 307 Å². The van der Waals surface area contributed by atoms with Crippen molar-refractivity contribution in [1.82, 2.24) is 29.7 Å². The van der Waals surface area contributed by atoms with Crippen molar-refractivity contribution in [3.63, 3.8) is 0 Å². The van der Waals surface area contributed by atoms with Gasteiger partial charge in [-0.15, -0.1) is 0 Å². The number of imidazole rings is 2. The molecule has 8 heteroatoms. The third-order valence-electron chi connectivity index (χ3n) is 12.9. The first-order chi connectivity index (χ1) is 25.3. The van der Waals surface area contributed by atoms with Crippen molar-refractivity contribution in [2.75, 3.05) is 20.7 Å². The lowest BCUT2D eigenvalue weighted by molar-refractivity contribution is -0.145. The van der Waals surface area contributed by atoms with Gasteiger partial charge in [-0.1, -0.05) is 63.2 Å². The quantitative estimate of drug-likeness (QED) is 0.169. The maximum absolute atomic E-state index is 13.5. The van der Waals surface area contributed by atoms with Crippen LogP contribution in [0.2, 0.25) is 0 Å². The van der Waals surface area contributed by atoms with Gasteiger partial charge in [-0.25, -0.2) is 9.97 Å². The summed E-state index contributed by atoms with van der Waals surface area (Å²) in [6.07, 6.45) is 10.8. The molecule has 4 aliphatic rings. The molecule has 6 atom stereocenters. The van der Waals surface area contributed by atoms with E-state index in [0.717, 1.165) is 72.6 Å². The van der Waals surface area contributed by atoms with E-state index in [0.29, 0.717) is 12.0 Å². The topological polar surface area (TPSA) is 90.1 Å². The van der Waals surface area contributed by atoms with Gasteiger partial charge in [-0.2, -0.15) is 0 Å². The summed E-state index contributed by atoms with van der Waals surface area (Å²) in [5.41, 5.74) is 12.3. The molecular weight excluding hydrogens is 645 g/mol. The third-order valence-corrected chi connectivity index (χ3v) is 12.9. The summed E-state index contributed by atoms with van der Waals surface area (Å²) in [7, 11) is 3.90. The van der Waals surface area contributed by atoms with Crippen LogP contribution in [-0.2, 0) is 22.4 Å². The molecule has 3 fully saturated rings. The van der Waals surface area contributed by atoms with E-state index >= 15 is 0 Å². The van der Waals surface area contributed by atoms with Crippen LogP contribution in [-0.4, -0.2) is 68.5 Å². The molecule has 8 nitrogen and oxygen atoms in total. The van der Waals surface area contributed by atoms with E-state index in [-0.39, 0.29) is 17.9 Å². The Morgan fingerprint density at radius 1 is 0.904 bits per heavy atom. The zero-order valence-corrected chi connectivity index (χ0v) is 31.3. The highest BCUT2D eigenvalue weighted by Crippen LogP contribution is 2.49. The normalized spacial score (nSPS) is 25.0. The highest BCUT2D eigenvalue weighted by atomic mass is 16.5. The van der Waals surface area contributed by atoms with Crippen LogP contribution >= 0.6 is 0 Å². The molecule has 1 saturated carbocycles. The SMILES string of the molecule is COC(C(=O)N1CCCC1c1nc2ccc(-c3ccc(-c4ccc(-c5cnc(C6C7CCC(C7)N6C)[nH]5)cc4)c4c3CCC(C)C4)cc2[nH]1)C(C)C. The summed E-state index contributed by atoms with van der Waals surface area (Å²) in [5, 5.41) is 0. The Balaban J connectivity index is 0.991. The number of rotatable bonds is 8. The summed E-state index contributed by atoms with van der Waals surface area (Å²) >= 11 is 0. The Morgan fingerprint density at radius 3 is 2.42 bits per heavy atom. The average Bonchev–Trinajstić information content (AvgIpc) is 3.99. The molecule has 0 radical (unpaired) electrons. The Kier molecular flexibility index (Phi) is 8.58. The van der Waals surface area contributed by atoms with Crippen LogP contribution in [0.25, 0.3) is 44.5 Å². The van der Waals surface area contributed by atoms with E-state index in [9.17, 15) is 4.79 Å². The molecule has 2 aliphatic heterocycles. The Hall–Kier alpha value is -4.27.